The molecular formula is C14H23NO4. The van der Waals surface area contributed by atoms with E-state index in [1.165, 1.54) is 0 Å². The number of ether oxygens (including phenoxy) is 3. The van der Waals surface area contributed by atoms with Gasteiger partial charge in [0.05, 0.1) is 20.3 Å². The fourth-order valence-corrected chi connectivity index (χ4v) is 1.59. The monoisotopic (exact) mass is 269 g/mol. The van der Waals surface area contributed by atoms with Crippen molar-refractivity contribution < 1.29 is 19.3 Å². The maximum atomic E-state index is 8.78. The Kier molecular flexibility index (Phi) is 7.97. The van der Waals surface area contributed by atoms with Crippen LogP contribution in [0.3, 0.4) is 0 Å². The van der Waals surface area contributed by atoms with Gasteiger partial charge in [-0.05, 0) is 6.07 Å². The Hall–Kier alpha value is -1.30. The average Bonchev–Trinajstić information content (AvgIpc) is 2.45. The fourth-order valence-electron chi connectivity index (χ4n) is 1.59. The Morgan fingerprint density at radius 1 is 1.21 bits per heavy atom. The summed E-state index contributed by atoms with van der Waals surface area (Å²) >= 11 is 0. The average molecular weight is 269 g/mol. The first-order valence-electron chi connectivity index (χ1n) is 6.42. The topological polar surface area (TPSA) is 60.0 Å². The Labute approximate surface area is 114 Å². The predicted molar refractivity (Wildman–Crippen MR) is 73.8 cm³/mol. The van der Waals surface area contributed by atoms with Gasteiger partial charge in [-0.3, -0.25) is 0 Å². The molecule has 0 aliphatic rings. The summed E-state index contributed by atoms with van der Waals surface area (Å²) in [6, 6.07) is 5.75. The number of aliphatic hydroxyl groups excluding tert-OH is 1. The van der Waals surface area contributed by atoms with E-state index in [0.717, 1.165) is 23.6 Å². The van der Waals surface area contributed by atoms with Crippen molar-refractivity contribution in [1.82, 2.24) is 5.32 Å². The fraction of sp³-hybridized carbons (Fsp3) is 0.571. The van der Waals surface area contributed by atoms with Crippen LogP contribution in [0.25, 0.3) is 0 Å². The van der Waals surface area contributed by atoms with E-state index in [1.807, 2.05) is 18.2 Å². The van der Waals surface area contributed by atoms with Crippen molar-refractivity contribution in [2.24, 2.45) is 0 Å². The largest absolute Gasteiger partial charge is 0.497 e. The van der Waals surface area contributed by atoms with Crippen molar-refractivity contribution in [1.29, 1.82) is 0 Å². The van der Waals surface area contributed by atoms with Crippen LogP contribution >= 0.6 is 0 Å². The number of hydrogen-bond donors (Lipinski definition) is 2. The number of methoxy groups -OCH3 is 2. The van der Waals surface area contributed by atoms with Gasteiger partial charge in [-0.15, -0.1) is 0 Å². The molecule has 19 heavy (non-hydrogen) atoms. The molecule has 5 nitrogen and oxygen atoms in total. The van der Waals surface area contributed by atoms with E-state index in [0.29, 0.717) is 26.2 Å². The highest BCUT2D eigenvalue weighted by Crippen LogP contribution is 2.24. The molecule has 108 valence electrons. The Bertz CT molecular complexity index is 357. The van der Waals surface area contributed by atoms with Gasteiger partial charge in [0, 0.05) is 44.9 Å². The van der Waals surface area contributed by atoms with Crippen molar-refractivity contribution in [3.8, 4) is 11.5 Å². The van der Waals surface area contributed by atoms with Gasteiger partial charge >= 0.3 is 0 Å². The lowest BCUT2D eigenvalue weighted by molar-refractivity contribution is 0.198. The van der Waals surface area contributed by atoms with Gasteiger partial charge in [0.2, 0.25) is 0 Å². The molecule has 0 aliphatic heterocycles. The second-order valence-electron chi connectivity index (χ2n) is 4.07. The third kappa shape index (κ3) is 5.92. The summed E-state index contributed by atoms with van der Waals surface area (Å²) in [4.78, 5) is 0. The molecule has 1 rings (SSSR count). The van der Waals surface area contributed by atoms with Crippen LogP contribution in [0.5, 0.6) is 11.5 Å². The second-order valence-corrected chi connectivity index (χ2v) is 4.07. The number of nitrogens with one attached hydrogen (secondary N) is 1. The van der Waals surface area contributed by atoms with Gasteiger partial charge < -0.3 is 24.6 Å². The summed E-state index contributed by atoms with van der Waals surface area (Å²) in [5.41, 5.74) is 1.06. The van der Waals surface area contributed by atoms with E-state index in [1.54, 1.807) is 14.2 Å². The van der Waals surface area contributed by atoms with Crippen molar-refractivity contribution >= 4 is 0 Å². The smallest absolute Gasteiger partial charge is 0.127 e. The van der Waals surface area contributed by atoms with Gasteiger partial charge in [-0.1, -0.05) is 6.07 Å². The lowest BCUT2D eigenvalue weighted by Crippen LogP contribution is -2.19. The predicted octanol–water partition coefficient (Wildman–Crippen LogP) is 1.19. The standard InChI is InChI=1S/C14H23NO4/c1-17-9-6-15-11-12-4-5-13(18-2)10-14(12)19-8-3-7-16/h4-5,10,15-16H,3,6-9,11H2,1-2H3. The summed E-state index contributed by atoms with van der Waals surface area (Å²) < 4.78 is 15.8. The number of hydrogen-bond acceptors (Lipinski definition) is 5. The van der Waals surface area contributed by atoms with Crippen LogP contribution in [-0.4, -0.2) is 45.7 Å². The van der Waals surface area contributed by atoms with Gasteiger partial charge in [0.25, 0.3) is 0 Å². The van der Waals surface area contributed by atoms with Gasteiger partial charge in [-0.2, -0.15) is 0 Å². The third-order valence-corrected chi connectivity index (χ3v) is 2.63. The molecule has 0 saturated heterocycles. The Morgan fingerprint density at radius 2 is 2.05 bits per heavy atom. The Balaban J connectivity index is 2.60. The summed E-state index contributed by atoms with van der Waals surface area (Å²) in [5, 5.41) is 12.1. The van der Waals surface area contributed by atoms with Crippen LogP contribution in [0.4, 0.5) is 0 Å². The van der Waals surface area contributed by atoms with Crippen LogP contribution in [0.15, 0.2) is 18.2 Å². The zero-order chi connectivity index (χ0) is 13.9. The minimum Gasteiger partial charge on any atom is -0.497 e. The van der Waals surface area contributed by atoms with Crippen LogP contribution in [0.2, 0.25) is 0 Å². The van der Waals surface area contributed by atoms with Crippen molar-refractivity contribution in [3.63, 3.8) is 0 Å². The van der Waals surface area contributed by atoms with Crippen LogP contribution in [0.1, 0.15) is 12.0 Å². The number of aliphatic hydroxyl groups is 1. The highest BCUT2D eigenvalue weighted by atomic mass is 16.5. The van der Waals surface area contributed by atoms with Crippen molar-refractivity contribution in [3.05, 3.63) is 23.8 Å². The van der Waals surface area contributed by atoms with E-state index < -0.39 is 0 Å². The summed E-state index contributed by atoms with van der Waals surface area (Å²) in [6.07, 6.45) is 0.619. The lowest BCUT2D eigenvalue weighted by atomic mass is 10.2. The molecule has 0 atom stereocenters. The van der Waals surface area contributed by atoms with Gasteiger partial charge in [0.15, 0.2) is 0 Å². The molecule has 0 aromatic heterocycles. The van der Waals surface area contributed by atoms with Crippen LogP contribution < -0.4 is 14.8 Å². The SMILES string of the molecule is COCCNCc1ccc(OC)cc1OCCCO. The first-order valence-corrected chi connectivity index (χ1v) is 6.42. The summed E-state index contributed by atoms with van der Waals surface area (Å²) in [5.74, 6) is 1.55. The zero-order valence-corrected chi connectivity index (χ0v) is 11.6. The van der Waals surface area contributed by atoms with E-state index in [4.69, 9.17) is 19.3 Å². The number of rotatable bonds is 10. The molecule has 0 unspecified atom stereocenters. The maximum absolute atomic E-state index is 8.78. The van der Waals surface area contributed by atoms with Crippen LogP contribution in [0, 0.1) is 0 Å². The first-order chi connectivity index (χ1) is 9.31. The molecule has 0 bridgehead atoms. The molecule has 0 aliphatic carbocycles. The molecule has 0 saturated carbocycles. The van der Waals surface area contributed by atoms with Crippen molar-refractivity contribution in [2.75, 3.05) is 40.6 Å². The van der Waals surface area contributed by atoms with E-state index in [9.17, 15) is 0 Å². The Morgan fingerprint density at radius 3 is 2.74 bits per heavy atom. The van der Waals surface area contributed by atoms with E-state index in [-0.39, 0.29) is 6.61 Å². The van der Waals surface area contributed by atoms with Crippen LogP contribution in [-0.2, 0) is 11.3 Å². The summed E-state index contributed by atoms with van der Waals surface area (Å²) in [7, 11) is 3.31. The lowest BCUT2D eigenvalue weighted by Gasteiger charge is -2.13. The first kappa shape index (κ1) is 15.8. The molecule has 0 radical (unpaired) electrons. The summed E-state index contributed by atoms with van der Waals surface area (Å²) in [6.45, 7) is 2.80. The second kappa shape index (κ2) is 9.61. The maximum Gasteiger partial charge on any atom is 0.127 e. The molecule has 1 aromatic rings. The highest BCUT2D eigenvalue weighted by Gasteiger charge is 2.05. The molecule has 0 amide bonds. The normalized spacial score (nSPS) is 10.5. The molecule has 1 aromatic carbocycles. The zero-order valence-electron chi connectivity index (χ0n) is 11.6. The van der Waals surface area contributed by atoms with Gasteiger partial charge in [0.1, 0.15) is 11.5 Å². The molecule has 2 N–H and O–H groups in total. The minimum atomic E-state index is 0.130. The molecular weight excluding hydrogens is 246 g/mol. The van der Waals surface area contributed by atoms with Gasteiger partial charge in [-0.25, -0.2) is 0 Å². The molecule has 0 heterocycles. The molecule has 0 fully saturated rings. The highest BCUT2D eigenvalue weighted by molar-refractivity contribution is 5.40. The molecule has 5 heteroatoms. The third-order valence-electron chi connectivity index (χ3n) is 2.63. The van der Waals surface area contributed by atoms with Crippen molar-refractivity contribution in [2.45, 2.75) is 13.0 Å². The van der Waals surface area contributed by atoms with E-state index in [2.05, 4.69) is 5.32 Å². The quantitative estimate of drug-likeness (QED) is 0.625. The van der Waals surface area contributed by atoms with E-state index >= 15 is 0 Å². The molecule has 0 spiro atoms. The number of benzene rings is 1. The minimum absolute atomic E-state index is 0.130.